The zero-order chi connectivity index (χ0) is 22.9. The Morgan fingerprint density at radius 2 is 1.61 bits per heavy atom. The molecule has 0 unspecified atom stereocenters. The largest absolute Gasteiger partial charge is 0.504 e. The molecule has 0 spiro atoms. The number of carbonyl (C=O) groups excluding carboxylic acids is 2. The van der Waals surface area contributed by atoms with Crippen molar-refractivity contribution >= 4 is 58.3 Å². The molecule has 166 valence electrons. The summed E-state index contributed by atoms with van der Waals surface area (Å²) in [6, 6.07) is 6.44. The molecule has 0 bridgehead atoms. The zero-order valence-corrected chi connectivity index (χ0v) is 18.3. The Balaban J connectivity index is 2.01. The van der Waals surface area contributed by atoms with Crippen LogP contribution in [0.5, 0.6) is 28.7 Å². The van der Waals surface area contributed by atoms with E-state index in [-0.39, 0.29) is 35.0 Å². The molecule has 0 fully saturated rings. The van der Waals surface area contributed by atoms with Crippen LogP contribution in [0.25, 0.3) is 0 Å². The van der Waals surface area contributed by atoms with Gasteiger partial charge in [-0.3, -0.25) is 0 Å². The van der Waals surface area contributed by atoms with E-state index in [1.54, 1.807) is 0 Å². The molecule has 2 aromatic carbocycles. The lowest BCUT2D eigenvalue weighted by atomic mass is 9.94. The van der Waals surface area contributed by atoms with E-state index in [9.17, 15) is 24.9 Å². The molecule has 1 aliphatic heterocycles. The van der Waals surface area contributed by atoms with Crippen molar-refractivity contribution in [1.82, 2.24) is 0 Å². The van der Waals surface area contributed by atoms with Crippen LogP contribution < -0.4 is 14.2 Å². The van der Waals surface area contributed by atoms with Gasteiger partial charge in [-0.1, -0.05) is 52.5 Å². The van der Waals surface area contributed by atoms with Gasteiger partial charge in [-0.25, -0.2) is 9.59 Å². The number of fused-ring (bicyclic) bond motifs is 1. The summed E-state index contributed by atoms with van der Waals surface area (Å²) in [7, 11) is 0. The van der Waals surface area contributed by atoms with Crippen molar-refractivity contribution in [3.05, 3.63) is 41.5 Å². The van der Waals surface area contributed by atoms with E-state index in [4.69, 9.17) is 60.6 Å². The van der Waals surface area contributed by atoms with Crippen molar-refractivity contribution in [3.63, 3.8) is 0 Å². The van der Waals surface area contributed by atoms with Gasteiger partial charge in [0.25, 0.3) is 0 Å². The first kappa shape index (κ1) is 23.6. The molecule has 31 heavy (non-hydrogen) atoms. The third-order valence-corrected chi connectivity index (χ3v) is 4.98. The van der Waals surface area contributed by atoms with Crippen molar-refractivity contribution in [2.45, 2.75) is 28.3 Å². The third kappa shape index (κ3) is 5.39. The Hall–Kier alpha value is -2.10. The summed E-state index contributed by atoms with van der Waals surface area (Å²) in [6.45, 7) is 0. The predicted molar refractivity (Wildman–Crippen MR) is 112 cm³/mol. The molecule has 0 amide bonds. The summed E-state index contributed by atoms with van der Waals surface area (Å²) in [5.41, 5.74) is 0.639. The summed E-state index contributed by atoms with van der Waals surface area (Å²) < 4.78 is 16.0. The van der Waals surface area contributed by atoms with Gasteiger partial charge < -0.3 is 29.5 Å². The maximum absolute atomic E-state index is 11.9. The number of esters is 2. The average molecular weight is 512 g/mol. The minimum Gasteiger partial charge on any atom is -0.504 e. The number of alkyl halides is 4. The van der Waals surface area contributed by atoms with Crippen LogP contribution in [0, 0.1) is 0 Å². The molecule has 2 atom stereocenters. The number of hydrogen-bond acceptors (Lipinski definition) is 8. The summed E-state index contributed by atoms with van der Waals surface area (Å²) >= 11 is 22.1. The van der Waals surface area contributed by atoms with Gasteiger partial charge in [-0.2, -0.15) is 0 Å². The Bertz CT molecular complexity index is 1010. The Morgan fingerprint density at radius 3 is 2.23 bits per heavy atom. The van der Waals surface area contributed by atoms with Gasteiger partial charge in [0, 0.05) is 24.1 Å². The van der Waals surface area contributed by atoms with Crippen LogP contribution in [0.3, 0.4) is 0 Å². The van der Waals surface area contributed by atoms with Gasteiger partial charge in [0.05, 0.1) is 6.10 Å². The van der Waals surface area contributed by atoms with Crippen LogP contribution >= 0.6 is 46.4 Å². The quantitative estimate of drug-likeness (QED) is 0.241. The first-order valence-electron chi connectivity index (χ1n) is 8.60. The number of carbonyl (C=O) groups is 2. The van der Waals surface area contributed by atoms with E-state index in [1.807, 2.05) is 0 Å². The molecule has 12 heteroatoms. The number of aliphatic hydroxyl groups excluding tert-OH is 1. The lowest BCUT2D eigenvalue weighted by Crippen LogP contribution is -2.31. The zero-order valence-electron chi connectivity index (χ0n) is 15.3. The lowest BCUT2D eigenvalue weighted by Gasteiger charge is -2.32. The molecule has 8 nitrogen and oxygen atoms in total. The van der Waals surface area contributed by atoms with Gasteiger partial charge in [0.15, 0.2) is 11.5 Å². The van der Waals surface area contributed by atoms with E-state index in [2.05, 4.69) is 0 Å². The van der Waals surface area contributed by atoms with Gasteiger partial charge >= 0.3 is 11.9 Å². The summed E-state index contributed by atoms with van der Waals surface area (Å²) in [5.74, 6) is -2.83. The smallest absolute Gasteiger partial charge is 0.344 e. The number of phenolic OH excluding ortho intramolecular Hbond substituents is 2. The highest BCUT2D eigenvalue weighted by Gasteiger charge is 2.34. The molecule has 0 aromatic heterocycles. The Morgan fingerprint density at radius 1 is 0.968 bits per heavy atom. The van der Waals surface area contributed by atoms with Crippen LogP contribution in [0.4, 0.5) is 0 Å². The minimum atomic E-state index is -1.49. The van der Waals surface area contributed by atoms with Crippen LogP contribution in [-0.4, -0.2) is 43.0 Å². The van der Waals surface area contributed by atoms with Crippen molar-refractivity contribution in [2.24, 2.45) is 0 Å². The van der Waals surface area contributed by atoms with Gasteiger partial charge in [0.2, 0.25) is 9.67 Å². The molecular formula is C19H14Cl4O8. The number of benzene rings is 2. The number of aliphatic hydroxyl groups is 1. The molecule has 3 rings (SSSR count). The number of ether oxygens (including phenoxy) is 3. The highest BCUT2D eigenvalue weighted by Crippen LogP contribution is 2.44. The van der Waals surface area contributed by atoms with Crippen molar-refractivity contribution < 1.29 is 39.1 Å². The van der Waals surface area contributed by atoms with Crippen molar-refractivity contribution in [1.29, 1.82) is 0 Å². The standard InChI is InChI=1S/C19H14Cl4O8/c20-16(21)18(27)29-8-4-13-9(14(5-8)31-19(28)17(22)23)6-12(26)15(30-13)7-1-2-10(24)11(25)3-7/h1-5,12,15-17,24-26H,6H2/t12-,15-/m0/s1. The Kier molecular flexibility index (Phi) is 7.28. The predicted octanol–water partition coefficient (Wildman–Crippen LogP) is 3.55. The summed E-state index contributed by atoms with van der Waals surface area (Å²) in [4.78, 5) is 20.7. The second-order valence-electron chi connectivity index (χ2n) is 6.40. The van der Waals surface area contributed by atoms with E-state index in [0.717, 1.165) is 0 Å². The number of hydrogen-bond donors (Lipinski definition) is 3. The first-order chi connectivity index (χ1) is 14.6. The highest BCUT2D eigenvalue weighted by molar-refractivity contribution is 6.53. The number of phenols is 2. The molecule has 0 radical (unpaired) electrons. The first-order valence-corrected chi connectivity index (χ1v) is 10.3. The second-order valence-corrected chi connectivity index (χ2v) is 8.59. The van der Waals surface area contributed by atoms with Crippen molar-refractivity contribution in [2.75, 3.05) is 0 Å². The van der Waals surface area contributed by atoms with Crippen LogP contribution in [-0.2, 0) is 16.0 Å². The number of halogens is 4. The SMILES string of the molecule is O=C(Oc1cc(OC(=O)C(Cl)Cl)c2c(c1)O[C@@H](c1ccc(O)c(O)c1)[C@@H](O)C2)C(Cl)Cl. The molecule has 2 aromatic rings. The summed E-state index contributed by atoms with van der Waals surface area (Å²) in [6.07, 6.45) is -2.13. The van der Waals surface area contributed by atoms with Crippen LogP contribution in [0.2, 0.25) is 0 Å². The molecule has 1 aliphatic rings. The van der Waals surface area contributed by atoms with E-state index < -0.39 is 39.6 Å². The van der Waals surface area contributed by atoms with Gasteiger partial charge in [0.1, 0.15) is 23.4 Å². The average Bonchev–Trinajstić information content (AvgIpc) is 2.70. The van der Waals surface area contributed by atoms with Crippen LogP contribution in [0.15, 0.2) is 30.3 Å². The van der Waals surface area contributed by atoms with Crippen molar-refractivity contribution in [3.8, 4) is 28.7 Å². The molecule has 0 aliphatic carbocycles. The fourth-order valence-electron chi connectivity index (χ4n) is 2.90. The maximum atomic E-state index is 11.9. The van der Waals surface area contributed by atoms with E-state index in [1.165, 1.54) is 30.3 Å². The topological polar surface area (TPSA) is 123 Å². The monoisotopic (exact) mass is 510 g/mol. The maximum Gasteiger partial charge on any atom is 0.344 e. The minimum absolute atomic E-state index is 0.0403. The van der Waals surface area contributed by atoms with Gasteiger partial charge in [-0.05, 0) is 17.7 Å². The van der Waals surface area contributed by atoms with Crippen LogP contribution in [0.1, 0.15) is 17.2 Å². The molecule has 1 heterocycles. The fraction of sp³-hybridized carbons (Fsp3) is 0.263. The fourth-order valence-corrected chi connectivity index (χ4v) is 3.08. The van der Waals surface area contributed by atoms with Gasteiger partial charge in [-0.15, -0.1) is 0 Å². The molecule has 0 saturated heterocycles. The second kappa shape index (κ2) is 9.58. The molecule has 0 saturated carbocycles. The molecular weight excluding hydrogens is 498 g/mol. The van der Waals surface area contributed by atoms with E-state index >= 15 is 0 Å². The normalized spacial score (nSPS) is 17.8. The molecule has 3 N–H and O–H groups in total. The number of aromatic hydroxyl groups is 2. The van der Waals surface area contributed by atoms with E-state index in [0.29, 0.717) is 5.56 Å². The third-order valence-electron chi connectivity index (χ3n) is 4.27. The Labute approximate surface area is 195 Å². The highest BCUT2D eigenvalue weighted by atomic mass is 35.5. The summed E-state index contributed by atoms with van der Waals surface area (Å²) in [5, 5.41) is 29.9. The number of rotatable bonds is 5. The lowest BCUT2D eigenvalue weighted by molar-refractivity contribution is -0.132.